The SMILES string of the molecule is Cn1c(=O)ccn(CC(=O)NCCc2ccc(N)cc2)c1=O. The minimum absolute atomic E-state index is 0.116. The topological polar surface area (TPSA) is 99.1 Å². The number of aromatic nitrogens is 2. The van der Waals surface area contributed by atoms with E-state index in [0.717, 1.165) is 10.1 Å². The molecule has 0 bridgehead atoms. The first-order chi connectivity index (χ1) is 10.5. The van der Waals surface area contributed by atoms with Gasteiger partial charge in [0.1, 0.15) is 6.54 Å². The zero-order chi connectivity index (χ0) is 16.1. The Bertz CT molecular complexity index is 775. The molecule has 22 heavy (non-hydrogen) atoms. The molecule has 1 aromatic heterocycles. The summed E-state index contributed by atoms with van der Waals surface area (Å²) in [4.78, 5) is 34.9. The number of carbonyl (C=O) groups is 1. The molecule has 0 aliphatic carbocycles. The molecule has 0 spiro atoms. The number of hydrogen-bond donors (Lipinski definition) is 2. The molecule has 2 aromatic rings. The number of rotatable bonds is 5. The van der Waals surface area contributed by atoms with Crippen molar-refractivity contribution in [2.45, 2.75) is 13.0 Å². The summed E-state index contributed by atoms with van der Waals surface area (Å²) in [5, 5.41) is 2.74. The van der Waals surface area contributed by atoms with Crippen LogP contribution in [0.3, 0.4) is 0 Å². The van der Waals surface area contributed by atoms with Crippen molar-refractivity contribution in [2.75, 3.05) is 12.3 Å². The van der Waals surface area contributed by atoms with E-state index in [1.165, 1.54) is 23.9 Å². The van der Waals surface area contributed by atoms with Crippen LogP contribution in [0.2, 0.25) is 0 Å². The van der Waals surface area contributed by atoms with Crippen molar-refractivity contribution >= 4 is 11.6 Å². The zero-order valence-corrected chi connectivity index (χ0v) is 12.3. The van der Waals surface area contributed by atoms with E-state index in [1.54, 1.807) is 12.1 Å². The quantitative estimate of drug-likeness (QED) is 0.727. The fraction of sp³-hybridized carbons (Fsp3) is 0.267. The van der Waals surface area contributed by atoms with Gasteiger partial charge in [-0.25, -0.2) is 4.79 Å². The second kappa shape index (κ2) is 6.75. The molecule has 0 atom stereocenters. The van der Waals surface area contributed by atoms with E-state index in [4.69, 9.17) is 5.73 Å². The second-order valence-corrected chi connectivity index (χ2v) is 4.97. The summed E-state index contributed by atoms with van der Waals surface area (Å²) in [6, 6.07) is 8.67. The Morgan fingerprint density at radius 2 is 1.86 bits per heavy atom. The Kier molecular flexibility index (Phi) is 4.77. The average Bonchev–Trinajstić information content (AvgIpc) is 2.50. The van der Waals surface area contributed by atoms with Crippen molar-refractivity contribution in [2.24, 2.45) is 7.05 Å². The molecule has 1 aromatic carbocycles. The van der Waals surface area contributed by atoms with Gasteiger partial charge in [0.05, 0.1) is 0 Å². The van der Waals surface area contributed by atoms with Crippen LogP contribution < -0.4 is 22.3 Å². The lowest BCUT2D eigenvalue weighted by Gasteiger charge is -2.08. The highest BCUT2D eigenvalue weighted by atomic mass is 16.2. The van der Waals surface area contributed by atoms with Crippen molar-refractivity contribution in [3.63, 3.8) is 0 Å². The minimum atomic E-state index is -0.513. The van der Waals surface area contributed by atoms with Gasteiger partial charge in [-0.2, -0.15) is 0 Å². The molecule has 3 N–H and O–H groups in total. The summed E-state index contributed by atoms with van der Waals surface area (Å²) >= 11 is 0. The lowest BCUT2D eigenvalue weighted by molar-refractivity contribution is -0.121. The summed E-state index contributed by atoms with van der Waals surface area (Å²) in [6.45, 7) is 0.345. The van der Waals surface area contributed by atoms with Gasteiger partial charge in [0, 0.05) is 31.5 Å². The van der Waals surface area contributed by atoms with Crippen molar-refractivity contribution in [3.05, 3.63) is 62.9 Å². The summed E-state index contributed by atoms with van der Waals surface area (Å²) < 4.78 is 2.15. The van der Waals surface area contributed by atoms with Crippen LogP contribution in [-0.4, -0.2) is 21.6 Å². The van der Waals surface area contributed by atoms with Gasteiger partial charge in [0.2, 0.25) is 5.91 Å². The smallest absolute Gasteiger partial charge is 0.331 e. The predicted octanol–water partition coefficient (Wildman–Crippen LogP) is -0.512. The molecule has 1 amide bonds. The largest absolute Gasteiger partial charge is 0.399 e. The highest BCUT2D eigenvalue weighted by Gasteiger charge is 2.06. The second-order valence-electron chi connectivity index (χ2n) is 4.97. The average molecular weight is 302 g/mol. The van der Waals surface area contributed by atoms with E-state index in [9.17, 15) is 14.4 Å². The van der Waals surface area contributed by atoms with Gasteiger partial charge in [-0.15, -0.1) is 0 Å². The van der Waals surface area contributed by atoms with E-state index < -0.39 is 11.2 Å². The van der Waals surface area contributed by atoms with Gasteiger partial charge in [-0.05, 0) is 24.1 Å². The standard InChI is InChI=1S/C15H18N4O3/c1-18-14(21)7-9-19(15(18)22)10-13(20)17-8-6-11-2-4-12(16)5-3-11/h2-5,7,9H,6,8,10,16H2,1H3,(H,17,20). The Balaban J connectivity index is 1.88. The van der Waals surface area contributed by atoms with Crippen LogP contribution in [0.4, 0.5) is 5.69 Å². The molecule has 1 heterocycles. The monoisotopic (exact) mass is 302 g/mol. The summed E-state index contributed by atoms with van der Waals surface area (Å²) in [5.41, 5.74) is 6.45. The first kappa shape index (κ1) is 15.6. The van der Waals surface area contributed by atoms with Crippen LogP contribution in [0.5, 0.6) is 0 Å². The first-order valence-electron chi connectivity index (χ1n) is 6.85. The van der Waals surface area contributed by atoms with Crippen LogP contribution in [0, 0.1) is 0 Å². The van der Waals surface area contributed by atoms with Crippen LogP contribution in [0.15, 0.2) is 46.1 Å². The maximum atomic E-state index is 11.8. The maximum absolute atomic E-state index is 11.8. The van der Waals surface area contributed by atoms with Gasteiger partial charge < -0.3 is 11.1 Å². The molecule has 0 aliphatic rings. The summed E-state index contributed by atoms with van der Waals surface area (Å²) in [6.07, 6.45) is 2.00. The third-order valence-corrected chi connectivity index (χ3v) is 3.29. The van der Waals surface area contributed by atoms with E-state index in [-0.39, 0.29) is 12.5 Å². The normalized spacial score (nSPS) is 10.4. The number of carbonyl (C=O) groups excluding carboxylic acids is 1. The molecule has 0 saturated carbocycles. The molecular weight excluding hydrogens is 284 g/mol. The van der Waals surface area contributed by atoms with Gasteiger partial charge in [-0.1, -0.05) is 12.1 Å². The number of nitrogens with one attached hydrogen (secondary N) is 1. The van der Waals surface area contributed by atoms with Crippen molar-refractivity contribution in [3.8, 4) is 0 Å². The number of nitrogens with zero attached hydrogens (tertiary/aromatic N) is 2. The highest BCUT2D eigenvalue weighted by molar-refractivity contribution is 5.75. The van der Waals surface area contributed by atoms with Crippen LogP contribution in [-0.2, 0) is 24.8 Å². The van der Waals surface area contributed by atoms with Gasteiger partial charge in [0.25, 0.3) is 5.56 Å². The van der Waals surface area contributed by atoms with E-state index in [0.29, 0.717) is 18.7 Å². The molecule has 0 aliphatic heterocycles. The molecule has 0 saturated heterocycles. The van der Waals surface area contributed by atoms with Crippen molar-refractivity contribution in [1.29, 1.82) is 0 Å². The van der Waals surface area contributed by atoms with Gasteiger partial charge >= 0.3 is 5.69 Å². The van der Waals surface area contributed by atoms with Crippen molar-refractivity contribution in [1.82, 2.24) is 14.5 Å². The van der Waals surface area contributed by atoms with Crippen LogP contribution in [0.1, 0.15) is 5.56 Å². The van der Waals surface area contributed by atoms with E-state index in [1.807, 2.05) is 12.1 Å². The predicted molar refractivity (Wildman–Crippen MR) is 83.5 cm³/mol. The molecule has 0 fully saturated rings. The fourth-order valence-electron chi connectivity index (χ4n) is 1.98. The molecule has 116 valence electrons. The van der Waals surface area contributed by atoms with E-state index in [2.05, 4.69) is 5.32 Å². The molecule has 7 heteroatoms. The summed E-state index contributed by atoms with van der Waals surface area (Å²) in [7, 11) is 1.38. The van der Waals surface area contributed by atoms with Crippen LogP contribution >= 0.6 is 0 Å². The number of anilines is 1. The van der Waals surface area contributed by atoms with Crippen LogP contribution in [0.25, 0.3) is 0 Å². The number of amides is 1. The Morgan fingerprint density at radius 1 is 1.18 bits per heavy atom. The first-order valence-corrected chi connectivity index (χ1v) is 6.85. The lowest BCUT2D eigenvalue weighted by atomic mass is 10.1. The van der Waals surface area contributed by atoms with E-state index >= 15 is 0 Å². The highest BCUT2D eigenvalue weighted by Crippen LogP contribution is 2.05. The number of nitrogens with two attached hydrogens (primary N) is 1. The minimum Gasteiger partial charge on any atom is -0.399 e. The fourth-order valence-corrected chi connectivity index (χ4v) is 1.98. The molecular formula is C15H18N4O3. The maximum Gasteiger partial charge on any atom is 0.331 e. The Hall–Kier alpha value is -2.83. The Morgan fingerprint density at radius 3 is 2.55 bits per heavy atom. The molecule has 0 unspecified atom stereocenters. The van der Waals surface area contributed by atoms with Gasteiger partial charge in [-0.3, -0.25) is 18.7 Å². The number of hydrogen-bond acceptors (Lipinski definition) is 4. The molecule has 0 radical (unpaired) electrons. The lowest BCUT2D eigenvalue weighted by Crippen LogP contribution is -2.40. The molecule has 2 rings (SSSR count). The van der Waals surface area contributed by atoms with Crippen molar-refractivity contribution < 1.29 is 4.79 Å². The molecule has 7 nitrogen and oxygen atoms in total. The number of benzene rings is 1. The third kappa shape index (κ3) is 3.85. The third-order valence-electron chi connectivity index (χ3n) is 3.29. The zero-order valence-electron chi connectivity index (χ0n) is 12.3. The Labute approximate surface area is 127 Å². The number of nitrogen functional groups attached to an aromatic ring is 1. The summed E-state index contributed by atoms with van der Waals surface area (Å²) in [5.74, 6) is -0.281. The van der Waals surface area contributed by atoms with Gasteiger partial charge in [0.15, 0.2) is 0 Å².